The van der Waals surface area contributed by atoms with Gasteiger partial charge in [0.05, 0.1) is 33.0 Å². The van der Waals surface area contributed by atoms with Gasteiger partial charge in [-0.3, -0.25) is 4.79 Å². The first-order valence-corrected chi connectivity index (χ1v) is 12.9. The maximum Gasteiger partial charge on any atom is 0.436 e. The van der Waals surface area contributed by atoms with E-state index in [-0.39, 0.29) is 44.0 Å². The van der Waals surface area contributed by atoms with E-state index in [1.807, 2.05) is 0 Å². The number of thioether (sulfide) groups is 1. The number of hydrogen-bond acceptors (Lipinski definition) is 5. The number of ketones is 1. The number of alkyl halides is 3. The van der Waals surface area contributed by atoms with Crippen LogP contribution in [0.3, 0.4) is 0 Å². The van der Waals surface area contributed by atoms with Crippen LogP contribution in [0.2, 0.25) is 0 Å². The zero-order valence-electron chi connectivity index (χ0n) is 17.5. The minimum atomic E-state index is -4.64. The normalized spacial score (nSPS) is 16.3. The molecule has 1 aliphatic heterocycles. The molecule has 1 fully saturated rings. The molecule has 0 bridgehead atoms. The van der Waals surface area contributed by atoms with Crippen molar-refractivity contribution in [2.75, 3.05) is 17.2 Å². The van der Waals surface area contributed by atoms with Crippen molar-refractivity contribution < 1.29 is 26.4 Å². The zero-order chi connectivity index (χ0) is 24.7. The number of para-hydroxylation sites is 1. The lowest BCUT2D eigenvalue weighted by atomic mass is 10.3. The Bertz CT molecular complexity index is 1370. The molecule has 1 aromatic heterocycles. The molecule has 2 aromatic carbocycles. The van der Waals surface area contributed by atoms with Gasteiger partial charge in [0.15, 0.2) is 16.6 Å². The quantitative estimate of drug-likeness (QED) is 0.445. The highest BCUT2D eigenvalue weighted by Crippen LogP contribution is 2.36. The summed E-state index contributed by atoms with van der Waals surface area (Å²) in [6.07, 6.45) is -4.64. The van der Waals surface area contributed by atoms with Crippen molar-refractivity contribution in [1.29, 1.82) is 0 Å². The number of aromatic nitrogens is 2. The van der Waals surface area contributed by atoms with Crippen LogP contribution in [0.5, 0.6) is 0 Å². The largest absolute Gasteiger partial charge is 0.436 e. The molecule has 0 aliphatic carbocycles. The summed E-state index contributed by atoms with van der Waals surface area (Å²) in [6, 6.07) is 14.0. The van der Waals surface area contributed by atoms with Crippen molar-refractivity contribution in [3.8, 4) is 5.69 Å². The summed E-state index contributed by atoms with van der Waals surface area (Å²) in [5, 5.41) is 3.78. The van der Waals surface area contributed by atoms with Gasteiger partial charge in [-0.2, -0.15) is 26.7 Å². The van der Waals surface area contributed by atoms with Crippen molar-refractivity contribution in [3.63, 3.8) is 0 Å². The molecule has 0 radical (unpaired) electrons. The summed E-state index contributed by atoms with van der Waals surface area (Å²) >= 11 is 3.94. The molecule has 34 heavy (non-hydrogen) atoms. The predicted octanol–water partition coefficient (Wildman–Crippen LogP) is 4.83. The first-order chi connectivity index (χ1) is 16.0. The van der Waals surface area contributed by atoms with Crippen molar-refractivity contribution in [3.05, 3.63) is 70.5 Å². The fourth-order valence-corrected chi connectivity index (χ4v) is 5.80. The Labute approximate surface area is 205 Å². The van der Waals surface area contributed by atoms with Gasteiger partial charge in [0.25, 0.3) is 10.0 Å². The van der Waals surface area contributed by atoms with Crippen LogP contribution in [-0.2, 0) is 21.0 Å². The van der Waals surface area contributed by atoms with E-state index in [0.29, 0.717) is 5.69 Å². The third kappa shape index (κ3) is 4.91. The molecule has 178 valence electrons. The monoisotopic (exact) mass is 572 g/mol. The SMILES string of the molecule is Cc1c(Br)c(C(F)(F)F)nn1-c1ccc(S(=O)(=O)/N=C2\SCC(=O)CN2c2ccccc2)cc1. The molecule has 0 unspecified atom stereocenters. The van der Waals surface area contributed by atoms with E-state index < -0.39 is 21.9 Å². The number of Topliss-reactive ketones (excluding diaryl/α,β-unsaturated/α-hetero) is 1. The second-order valence-corrected chi connectivity index (χ2v) is 10.6. The van der Waals surface area contributed by atoms with Crippen LogP contribution in [0, 0.1) is 6.92 Å². The number of nitrogens with zero attached hydrogens (tertiary/aromatic N) is 4. The summed E-state index contributed by atoms with van der Waals surface area (Å²) in [5.41, 5.74) is 0.0272. The number of sulfonamides is 1. The van der Waals surface area contributed by atoms with Crippen LogP contribution in [0.15, 0.2) is 68.4 Å². The third-order valence-electron chi connectivity index (χ3n) is 4.88. The predicted molar refractivity (Wildman–Crippen MR) is 127 cm³/mol. The Morgan fingerprint density at radius 3 is 2.29 bits per heavy atom. The Balaban J connectivity index is 1.66. The minimum absolute atomic E-state index is 0.000698. The average Bonchev–Trinajstić information content (AvgIpc) is 3.10. The second-order valence-electron chi connectivity index (χ2n) is 7.25. The fraction of sp³-hybridized carbons (Fsp3) is 0.190. The topological polar surface area (TPSA) is 84.6 Å². The molecular formula is C21H16BrF3N4O3S2. The van der Waals surface area contributed by atoms with Gasteiger partial charge >= 0.3 is 6.18 Å². The van der Waals surface area contributed by atoms with Crippen molar-refractivity contribution in [2.45, 2.75) is 18.0 Å². The standard InChI is InChI=1S/C21H16BrF3N4O3S2/c1-13-18(22)19(21(23,24)25)26-29(13)15-7-9-17(10-8-15)34(31,32)27-20-28(11-16(30)12-33-20)14-5-3-2-4-6-14/h2-10H,11-12H2,1H3/b27-20-. The van der Waals surface area contributed by atoms with Crippen molar-refractivity contribution >= 4 is 54.4 Å². The van der Waals surface area contributed by atoms with Gasteiger partial charge in [-0.05, 0) is 59.3 Å². The first kappa shape index (κ1) is 24.5. The minimum Gasteiger partial charge on any atom is -0.313 e. The highest BCUT2D eigenvalue weighted by atomic mass is 79.9. The van der Waals surface area contributed by atoms with Crippen LogP contribution in [0.4, 0.5) is 18.9 Å². The van der Waals surface area contributed by atoms with Crippen LogP contribution < -0.4 is 4.90 Å². The molecule has 1 saturated heterocycles. The van der Waals surface area contributed by atoms with Crippen LogP contribution in [0.25, 0.3) is 5.69 Å². The Kier molecular flexibility index (Phi) is 6.62. The Morgan fingerprint density at radius 2 is 1.71 bits per heavy atom. The summed E-state index contributed by atoms with van der Waals surface area (Å²) < 4.78 is 70.2. The Morgan fingerprint density at radius 1 is 1.06 bits per heavy atom. The van der Waals surface area contributed by atoms with E-state index in [4.69, 9.17) is 0 Å². The summed E-state index contributed by atoms with van der Waals surface area (Å²) in [7, 11) is -4.16. The van der Waals surface area contributed by atoms with E-state index in [1.54, 1.807) is 30.3 Å². The lowest BCUT2D eigenvalue weighted by Crippen LogP contribution is -2.40. The number of halogens is 4. The molecule has 7 nitrogen and oxygen atoms in total. The number of carbonyl (C=O) groups is 1. The number of carbonyl (C=O) groups excluding carboxylic acids is 1. The molecule has 0 saturated carbocycles. The number of rotatable bonds is 4. The van der Waals surface area contributed by atoms with Crippen molar-refractivity contribution in [2.24, 2.45) is 4.40 Å². The molecule has 4 rings (SSSR count). The molecule has 0 spiro atoms. The summed E-state index contributed by atoms with van der Waals surface area (Å²) in [4.78, 5) is 13.4. The van der Waals surface area contributed by atoms with Gasteiger partial charge in [-0.1, -0.05) is 30.0 Å². The molecule has 0 atom stereocenters. The van der Waals surface area contributed by atoms with Gasteiger partial charge in [0.2, 0.25) is 0 Å². The number of amidine groups is 1. The third-order valence-corrected chi connectivity index (χ3v) is 8.27. The highest BCUT2D eigenvalue weighted by Gasteiger charge is 2.38. The van der Waals surface area contributed by atoms with Gasteiger partial charge in [0, 0.05) is 5.69 Å². The molecule has 13 heteroatoms. The fourth-order valence-electron chi connectivity index (χ4n) is 3.23. The molecule has 1 aliphatic rings. The maximum atomic E-state index is 13.2. The molecule has 2 heterocycles. The molecular weight excluding hydrogens is 557 g/mol. The lowest BCUT2D eigenvalue weighted by Gasteiger charge is -2.28. The summed E-state index contributed by atoms with van der Waals surface area (Å²) in [6.45, 7) is 1.46. The molecule has 0 amide bonds. The number of hydrogen-bond donors (Lipinski definition) is 0. The smallest absolute Gasteiger partial charge is 0.313 e. The van der Waals surface area contributed by atoms with Gasteiger partial charge in [0.1, 0.15) is 0 Å². The van der Waals surface area contributed by atoms with E-state index in [9.17, 15) is 26.4 Å². The zero-order valence-corrected chi connectivity index (χ0v) is 20.7. The van der Waals surface area contributed by atoms with Gasteiger partial charge in [-0.15, -0.1) is 4.40 Å². The molecule has 3 aromatic rings. The van der Waals surface area contributed by atoms with Crippen molar-refractivity contribution in [1.82, 2.24) is 9.78 Å². The molecule has 0 N–H and O–H groups in total. The Hall–Kier alpha value is -2.64. The maximum absolute atomic E-state index is 13.2. The number of benzene rings is 2. The van der Waals surface area contributed by atoms with Gasteiger partial charge < -0.3 is 4.90 Å². The average molecular weight is 573 g/mol. The highest BCUT2D eigenvalue weighted by molar-refractivity contribution is 9.10. The van der Waals surface area contributed by atoms with E-state index in [1.165, 1.54) is 36.1 Å². The summed E-state index contributed by atoms with van der Waals surface area (Å²) in [5.74, 6) is 0.0413. The van der Waals surface area contributed by atoms with Crippen LogP contribution >= 0.6 is 27.7 Å². The van der Waals surface area contributed by atoms with Gasteiger partial charge in [-0.25, -0.2) is 4.68 Å². The lowest BCUT2D eigenvalue weighted by molar-refractivity contribution is -0.142. The van der Waals surface area contributed by atoms with E-state index >= 15 is 0 Å². The van der Waals surface area contributed by atoms with Crippen LogP contribution in [-0.4, -0.2) is 41.4 Å². The van der Waals surface area contributed by atoms with E-state index in [2.05, 4.69) is 25.4 Å². The van der Waals surface area contributed by atoms with E-state index in [0.717, 1.165) is 16.4 Å². The first-order valence-electron chi connectivity index (χ1n) is 9.72. The van der Waals surface area contributed by atoms with Crippen LogP contribution in [0.1, 0.15) is 11.4 Å². The number of anilines is 1. The second kappa shape index (κ2) is 9.19.